The van der Waals surface area contributed by atoms with Crippen LogP contribution in [0.25, 0.3) is 66.1 Å². The van der Waals surface area contributed by atoms with Gasteiger partial charge in [0, 0.05) is 5.46 Å². The highest BCUT2D eigenvalue weighted by atomic mass is 16.5. The Morgan fingerprint density at radius 1 is 0.302 bits per heavy atom. The number of ether oxygens (including phenoxy) is 2. The van der Waals surface area contributed by atoms with Gasteiger partial charge in [-0.1, -0.05) is 164 Å². The number of hydrogen-bond acceptors (Lipinski definition) is 2. The smallest absolute Gasteiger partial charge is 0.260 e. The lowest BCUT2D eigenvalue weighted by Crippen LogP contribution is -2.57. The monoisotopic (exact) mass is 674 g/mol. The van der Waals surface area contributed by atoms with Gasteiger partial charge in [-0.15, -0.1) is 0 Å². The third-order valence-electron chi connectivity index (χ3n) is 11.0. The van der Waals surface area contributed by atoms with Crippen LogP contribution in [0.4, 0.5) is 0 Å². The lowest BCUT2D eigenvalue weighted by Gasteiger charge is -2.33. The van der Waals surface area contributed by atoms with E-state index in [1.165, 1.54) is 54.9 Å². The molecular formula is C50H31BO2. The van der Waals surface area contributed by atoms with Crippen molar-refractivity contribution in [2.24, 2.45) is 0 Å². The van der Waals surface area contributed by atoms with Crippen LogP contribution < -0.4 is 25.9 Å². The van der Waals surface area contributed by atoms with Gasteiger partial charge in [0.25, 0.3) is 6.71 Å². The summed E-state index contributed by atoms with van der Waals surface area (Å²) in [5.74, 6) is 3.46. The molecule has 2 heterocycles. The van der Waals surface area contributed by atoms with Crippen LogP contribution in [0, 0.1) is 0 Å². The quantitative estimate of drug-likeness (QED) is 0.137. The predicted molar refractivity (Wildman–Crippen MR) is 221 cm³/mol. The third-order valence-corrected chi connectivity index (χ3v) is 11.0. The summed E-state index contributed by atoms with van der Waals surface area (Å²) in [4.78, 5) is 0. The highest BCUT2D eigenvalue weighted by Gasteiger charge is 2.40. The Labute approximate surface area is 308 Å². The Hall–Kier alpha value is -6.84. The van der Waals surface area contributed by atoms with Crippen LogP contribution in [-0.2, 0) is 0 Å². The number of fused-ring (bicyclic) bond motifs is 6. The summed E-state index contributed by atoms with van der Waals surface area (Å²) < 4.78 is 13.4. The first-order valence-electron chi connectivity index (χ1n) is 18.2. The van der Waals surface area contributed by atoms with Gasteiger partial charge in [-0.05, 0) is 101 Å². The highest BCUT2D eigenvalue weighted by Crippen LogP contribution is 2.48. The normalized spacial score (nSPS) is 12.4. The topological polar surface area (TPSA) is 18.5 Å². The lowest BCUT2D eigenvalue weighted by atomic mass is 9.35. The summed E-state index contributed by atoms with van der Waals surface area (Å²) in [6, 6.07) is 67.3. The molecule has 0 fully saturated rings. The van der Waals surface area contributed by atoms with E-state index in [9.17, 15) is 0 Å². The Morgan fingerprint density at radius 2 is 0.679 bits per heavy atom. The molecule has 9 aromatic carbocycles. The first kappa shape index (κ1) is 29.9. The van der Waals surface area contributed by atoms with Crippen molar-refractivity contribution in [3.05, 3.63) is 188 Å². The zero-order chi connectivity index (χ0) is 34.9. The van der Waals surface area contributed by atoms with E-state index in [4.69, 9.17) is 9.47 Å². The molecule has 3 heteroatoms. The van der Waals surface area contributed by atoms with Gasteiger partial charge in [0.15, 0.2) is 0 Å². The Balaban J connectivity index is 1.16. The number of hydrogen-bond donors (Lipinski definition) is 0. The zero-order valence-electron chi connectivity index (χ0n) is 28.8. The molecule has 9 aromatic rings. The van der Waals surface area contributed by atoms with Crippen molar-refractivity contribution in [2.75, 3.05) is 0 Å². The van der Waals surface area contributed by atoms with Crippen molar-refractivity contribution >= 4 is 44.6 Å². The number of benzene rings is 9. The predicted octanol–water partition coefficient (Wildman–Crippen LogP) is 11.4. The maximum absolute atomic E-state index is 6.72. The summed E-state index contributed by atoms with van der Waals surface area (Å²) in [6.07, 6.45) is 0. The van der Waals surface area contributed by atoms with E-state index in [0.717, 1.165) is 50.5 Å². The van der Waals surface area contributed by atoms with Crippen LogP contribution in [0.2, 0.25) is 0 Å². The van der Waals surface area contributed by atoms with E-state index in [-0.39, 0.29) is 6.71 Å². The largest absolute Gasteiger partial charge is 0.458 e. The fourth-order valence-electron chi connectivity index (χ4n) is 8.78. The van der Waals surface area contributed by atoms with Gasteiger partial charge in [-0.25, -0.2) is 0 Å². The molecule has 53 heavy (non-hydrogen) atoms. The van der Waals surface area contributed by atoms with Crippen molar-refractivity contribution in [3.63, 3.8) is 0 Å². The molecule has 0 atom stereocenters. The van der Waals surface area contributed by atoms with Crippen molar-refractivity contribution in [3.8, 4) is 67.5 Å². The Bertz CT molecular complexity index is 2780. The molecule has 0 bridgehead atoms. The van der Waals surface area contributed by atoms with E-state index in [1.54, 1.807) is 0 Å². The van der Waals surface area contributed by atoms with Gasteiger partial charge in [0.2, 0.25) is 0 Å². The lowest BCUT2D eigenvalue weighted by molar-refractivity contribution is 0.465. The van der Waals surface area contributed by atoms with E-state index < -0.39 is 0 Å². The summed E-state index contributed by atoms with van der Waals surface area (Å²) in [7, 11) is 0. The summed E-state index contributed by atoms with van der Waals surface area (Å²) in [5, 5.41) is 4.88. The molecule has 2 aliphatic rings. The van der Waals surface area contributed by atoms with Crippen LogP contribution in [0.15, 0.2) is 188 Å². The Kier molecular flexibility index (Phi) is 6.68. The molecule has 2 nitrogen and oxygen atoms in total. The summed E-state index contributed by atoms with van der Waals surface area (Å²) >= 11 is 0. The zero-order valence-corrected chi connectivity index (χ0v) is 28.8. The highest BCUT2D eigenvalue weighted by molar-refractivity contribution is 6.98. The van der Waals surface area contributed by atoms with E-state index >= 15 is 0 Å². The molecule has 0 saturated heterocycles. The third kappa shape index (κ3) is 4.61. The van der Waals surface area contributed by atoms with Crippen LogP contribution in [0.3, 0.4) is 0 Å². The first-order valence-corrected chi connectivity index (χ1v) is 18.2. The maximum atomic E-state index is 6.72. The average Bonchev–Trinajstić information content (AvgIpc) is 3.23. The molecule has 0 aliphatic carbocycles. The molecule has 0 saturated carbocycles. The fourth-order valence-corrected chi connectivity index (χ4v) is 8.78. The second-order valence-electron chi connectivity index (χ2n) is 13.9. The molecule has 0 N–H and O–H groups in total. The van der Waals surface area contributed by atoms with Gasteiger partial charge < -0.3 is 9.47 Å². The van der Waals surface area contributed by atoms with Crippen LogP contribution in [0.1, 0.15) is 0 Å². The van der Waals surface area contributed by atoms with Crippen molar-refractivity contribution in [1.29, 1.82) is 0 Å². The minimum Gasteiger partial charge on any atom is -0.458 e. The Morgan fingerprint density at radius 3 is 1.17 bits per heavy atom. The molecule has 11 rings (SSSR count). The standard InChI is InChI=1S/C50H31BO2/c1-2-16-32(17-3-1)34-18-4-6-20-36(34)48-38-22-8-10-24-40(38)49(41-25-11-9-23-39(41)48)37-21-7-5-19-35(37)33-30-46-50-47(31-33)53-45-29-15-13-27-43(45)51(50)42-26-12-14-28-44(42)52-46/h1-31H. The fraction of sp³-hybridized carbons (Fsp3) is 0. The average molecular weight is 675 g/mol. The van der Waals surface area contributed by atoms with Crippen LogP contribution in [-0.4, -0.2) is 6.71 Å². The minimum atomic E-state index is 0.0402. The van der Waals surface area contributed by atoms with Crippen molar-refractivity contribution in [2.45, 2.75) is 0 Å². The van der Waals surface area contributed by atoms with Crippen LogP contribution in [0.5, 0.6) is 23.0 Å². The second-order valence-corrected chi connectivity index (χ2v) is 13.9. The molecule has 2 aliphatic heterocycles. The molecular weight excluding hydrogens is 643 g/mol. The number of para-hydroxylation sites is 2. The van der Waals surface area contributed by atoms with E-state index in [0.29, 0.717) is 0 Å². The molecule has 0 aromatic heterocycles. The summed E-state index contributed by atoms with van der Waals surface area (Å²) in [6.45, 7) is 0.0402. The van der Waals surface area contributed by atoms with Gasteiger partial charge in [-0.2, -0.15) is 0 Å². The molecule has 0 unspecified atom stereocenters. The van der Waals surface area contributed by atoms with Gasteiger partial charge in [0.05, 0.1) is 0 Å². The molecule has 0 amide bonds. The molecule has 246 valence electrons. The second kappa shape index (κ2) is 11.9. The number of rotatable bonds is 4. The van der Waals surface area contributed by atoms with Gasteiger partial charge in [0.1, 0.15) is 23.0 Å². The SMILES string of the molecule is c1ccc(-c2ccccc2-c2c3ccccc3c(-c3ccccc3-c3cc4c5c(c3)Oc3ccccc3B5c3ccccc3O4)c3ccccc23)cc1. The van der Waals surface area contributed by atoms with Gasteiger partial charge in [-0.3, -0.25) is 0 Å². The van der Waals surface area contributed by atoms with Crippen LogP contribution >= 0.6 is 0 Å². The van der Waals surface area contributed by atoms with Gasteiger partial charge >= 0.3 is 0 Å². The minimum absolute atomic E-state index is 0.0402. The molecule has 0 radical (unpaired) electrons. The van der Waals surface area contributed by atoms with Crippen molar-refractivity contribution < 1.29 is 9.47 Å². The van der Waals surface area contributed by atoms with Crippen molar-refractivity contribution in [1.82, 2.24) is 0 Å². The summed E-state index contributed by atoms with van der Waals surface area (Å²) in [5.41, 5.74) is 12.9. The molecule has 0 spiro atoms. The van der Waals surface area contributed by atoms with E-state index in [1.807, 2.05) is 12.1 Å². The maximum Gasteiger partial charge on any atom is 0.260 e. The van der Waals surface area contributed by atoms with E-state index in [2.05, 4.69) is 176 Å². The first-order chi connectivity index (χ1) is 26.3.